The number of rotatable bonds is 6. The molecule has 1 aliphatic carbocycles. The van der Waals surface area contributed by atoms with Crippen LogP contribution in [0.4, 0.5) is 0 Å². The standard InChI is InChI=1S/C61H40N2/c1-4-18-41(19-5-1)42-20-16-25-47(38-42)63-56-32-15-12-28-51(56)60-48(29-17-33-59(60)63)43-34-36-57-52(39-43)53-40-45(35-37-58(53)62(57)46-23-8-3-9-24-46)61(44-21-6-2-7-22-44)54-30-13-10-26-49(54)50-27-11-14-31-55(50)61/h1-40H. The van der Waals surface area contributed by atoms with Crippen LogP contribution in [0.3, 0.4) is 0 Å². The molecule has 2 heteroatoms. The number of hydrogen-bond acceptors (Lipinski definition) is 0. The second-order valence-electron chi connectivity index (χ2n) is 16.8. The van der Waals surface area contributed by atoms with E-state index in [1.54, 1.807) is 0 Å². The molecule has 0 bridgehead atoms. The summed E-state index contributed by atoms with van der Waals surface area (Å²) < 4.78 is 4.88. The Morgan fingerprint density at radius 2 is 0.794 bits per heavy atom. The molecule has 0 N–H and O–H groups in total. The minimum atomic E-state index is -0.493. The Bertz CT molecular complexity index is 3680. The number of benzene rings is 10. The first-order chi connectivity index (χ1) is 31.3. The summed E-state index contributed by atoms with van der Waals surface area (Å²) in [4.78, 5) is 0. The van der Waals surface area contributed by atoms with E-state index in [0.717, 1.165) is 11.4 Å². The molecule has 0 aliphatic heterocycles. The molecule has 0 amide bonds. The summed E-state index contributed by atoms with van der Waals surface area (Å²) in [5.74, 6) is 0. The molecule has 0 radical (unpaired) electrons. The van der Waals surface area contributed by atoms with Crippen LogP contribution in [0.25, 0.3) is 88.4 Å². The number of nitrogens with zero attached hydrogens (tertiary/aromatic N) is 2. The maximum atomic E-state index is 2.50. The zero-order chi connectivity index (χ0) is 41.5. The Hall–Kier alpha value is -8.20. The molecule has 10 aromatic carbocycles. The fourth-order valence-corrected chi connectivity index (χ4v) is 11.0. The predicted octanol–water partition coefficient (Wildman–Crippen LogP) is 15.6. The van der Waals surface area contributed by atoms with Crippen molar-refractivity contribution in [3.8, 4) is 44.8 Å². The Kier molecular flexibility index (Phi) is 7.85. The van der Waals surface area contributed by atoms with Gasteiger partial charge in [-0.2, -0.15) is 0 Å². The lowest BCUT2D eigenvalue weighted by Crippen LogP contribution is -2.28. The Morgan fingerprint density at radius 1 is 0.270 bits per heavy atom. The molecule has 294 valence electrons. The average molecular weight is 801 g/mol. The van der Waals surface area contributed by atoms with E-state index in [9.17, 15) is 0 Å². The van der Waals surface area contributed by atoms with Crippen LogP contribution in [0.5, 0.6) is 0 Å². The predicted molar refractivity (Wildman–Crippen MR) is 263 cm³/mol. The number of para-hydroxylation sites is 2. The summed E-state index contributed by atoms with van der Waals surface area (Å²) in [7, 11) is 0. The van der Waals surface area contributed by atoms with Crippen molar-refractivity contribution < 1.29 is 0 Å². The molecule has 0 atom stereocenters. The molecule has 2 nitrogen and oxygen atoms in total. The van der Waals surface area contributed by atoms with Gasteiger partial charge in [-0.1, -0.05) is 182 Å². The Balaban J connectivity index is 1.07. The molecule has 0 spiro atoms. The second-order valence-corrected chi connectivity index (χ2v) is 16.8. The normalized spacial score (nSPS) is 12.9. The van der Waals surface area contributed by atoms with Crippen molar-refractivity contribution in [1.29, 1.82) is 0 Å². The molecule has 12 aromatic rings. The van der Waals surface area contributed by atoms with Crippen LogP contribution < -0.4 is 0 Å². The van der Waals surface area contributed by atoms with Gasteiger partial charge in [-0.3, -0.25) is 0 Å². The van der Waals surface area contributed by atoms with Crippen molar-refractivity contribution in [2.45, 2.75) is 5.41 Å². The van der Waals surface area contributed by atoms with Gasteiger partial charge in [-0.15, -0.1) is 0 Å². The minimum Gasteiger partial charge on any atom is -0.309 e. The first-order valence-corrected chi connectivity index (χ1v) is 21.8. The van der Waals surface area contributed by atoms with Gasteiger partial charge in [0.15, 0.2) is 0 Å². The summed E-state index contributed by atoms with van der Waals surface area (Å²) >= 11 is 0. The SMILES string of the molecule is c1ccc(-c2cccc(-n3c4ccccc4c4c(-c5ccc6c(c5)c5cc(C7(c8ccccc8)c8ccccc8-c8ccccc87)ccc5n6-c5ccccc5)cccc43)c2)cc1. The molecule has 13 rings (SSSR count). The zero-order valence-electron chi connectivity index (χ0n) is 34.5. The highest BCUT2D eigenvalue weighted by Gasteiger charge is 2.46. The van der Waals surface area contributed by atoms with Crippen molar-refractivity contribution in [3.63, 3.8) is 0 Å². The van der Waals surface area contributed by atoms with E-state index in [2.05, 4.69) is 252 Å². The number of aromatic nitrogens is 2. The third-order valence-corrected chi connectivity index (χ3v) is 13.6. The fraction of sp³-hybridized carbons (Fsp3) is 0.0164. The molecular formula is C61H40N2. The van der Waals surface area contributed by atoms with Crippen molar-refractivity contribution in [2.75, 3.05) is 0 Å². The second kappa shape index (κ2) is 13.9. The zero-order valence-corrected chi connectivity index (χ0v) is 34.5. The highest BCUT2D eigenvalue weighted by molar-refractivity contribution is 6.17. The van der Waals surface area contributed by atoms with Crippen LogP contribution in [-0.2, 0) is 5.41 Å². The van der Waals surface area contributed by atoms with Crippen LogP contribution in [0.2, 0.25) is 0 Å². The maximum Gasteiger partial charge on any atom is 0.0713 e. The first-order valence-electron chi connectivity index (χ1n) is 21.8. The largest absolute Gasteiger partial charge is 0.309 e. The van der Waals surface area contributed by atoms with Gasteiger partial charge in [-0.05, 0) is 116 Å². The molecular weight excluding hydrogens is 761 g/mol. The molecule has 2 aromatic heterocycles. The van der Waals surface area contributed by atoms with Crippen molar-refractivity contribution >= 4 is 43.6 Å². The summed E-state index contributed by atoms with van der Waals surface area (Å²) in [5.41, 5.74) is 19.2. The van der Waals surface area contributed by atoms with Crippen LogP contribution >= 0.6 is 0 Å². The van der Waals surface area contributed by atoms with E-state index in [0.29, 0.717) is 0 Å². The highest BCUT2D eigenvalue weighted by Crippen LogP contribution is 2.56. The summed E-state index contributed by atoms with van der Waals surface area (Å²) in [6, 6.07) is 89.6. The molecule has 0 saturated heterocycles. The van der Waals surface area contributed by atoms with Crippen molar-refractivity contribution in [2.24, 2.45) is 0 Å². The fourth-order valence-electron chi connectivity index (χ4n) is 11.0. The summed E-state index contributed by atoms with van der Waals surface area (Å²) in [6.45, 7) is 0. The topological polar surface area (TPSA) is 9.86 Å². The lowest BCUT2D eigenvalue weighted by molar-refractivity contribution is 0.770. The molecule has 2 heterocycles. The van der Waals surface area contributed by atoms with Gasteiger partial charge in [0.1, 0.15) is 0 Å². The van der Waals surface area contributed by atoms with E-state index >= 15 is 0 Å². The molecule has 1 aliphatic rings. The van der Waals surface area contributed by atoms with E-state index in [-0.39, 0.29) is 0 Å². The molecule has 0 saturated carbocycles. The third kappa shape index (κ3) is 5.19. The van der Waals surface area contributed by atoms with Gasteiger partial charge in [0.25, 0.3) is 0 Å². The van der Waals surface area contributed by atoms with E-state index in [1.807, 2.05) is 0 Å². The van der Waals surface area contributed by atoms with E-state index in [1.165, 1.54) is 99.2 Å². The smallest absolute Gasteiger partial charge is 0.0713 e. The maximum absolute atomic E-state index is 2.50. The monoisotopic (exact) mass is 800 g/mol. The molecule has 0 fully saturated rings. The molecule has 63 heavy (non-hydrogen) atoms. The number of hydrogen-bond donors (Lipinski definition) is 0. The highest BCUT2D eigenvalue weighted by atomic mass is 15.0. The van der Waals surface area contributed by atoms with E-state index < -0.39 is 5.41 Å². The summed E-state index contributed by atoms with van der Waals surface area (Å²) in [5, 5.41) is 4.96. The first kappa shape index (κ1) is 35.5. The van der Waals surface area contributed by atoms with Gasteiger partial charge >= 0.3 is 0 Å². The quantitative estimate of drug-likeness (QED) is 0.159. The minimum absolute atomic E-state index is 0.493. The average Bonchev–Trinajstić information content (AvgIpc) is 3.99. The molecule has 0 unspecified atom stereocenters. The van der Waals surface area contributed by atoms with Gasteiger partial charge in [0.05, 0.1) is 27.5 Å². The van der Waals surface area contributed by atoms with Crippen LogP contribution in [0, 0.1) is 0 Å². The van der Waals surface area contributed by atoms with Crippen LogP contribution in [0.15, 0.2) is 243 Å². The summed E-state index contributed by atoms with van der Waals surface area (Å²) in [6.07, 6.45) is 0. The lowest BCUT2D eigenvalue weighted by Gasteiger charge is -2.34. The van der Waals surface area contributed by atoms with Gasteiger partial charge in [0, 0.05) is 32.9 Å². The lowest BCUT2D eigenvalue weighted by atomic mass is 9.67. The van der Waals surface area contributed by atoms with Crippen molar-refractivity contribution in [3.05, 3.63) is 265 Å². The van der Waals surface area contributed by atoms with Crippen LogP contribution in [-0.4, -0.2) is 9.13 Å². The third-order valence-electron chi connectivity index (χ3n) is 13.6. The van der Waals surface area contributed by atoms with Gasteiger partial charge in [0.2, 0.25) is 0 Å². The Labute approximate surface area is 366 Å². The number of fused-ring (bicyclic) bond motifs is 9. The Morgan fingerprint density at radius 3 is 1.56 bits per heavy atom. The van der Waals surface area contributed by atoms with Gasteiger partial charge in [-0.25, -0.2) is 0 Å². The van der Waals surface area contributed by atoms with Crippen molar-refractivity contribution in [1.82, 2.24) is 9.13 Å². The van der Waals surface area contributed by atoms with E-state index in [4.69, 9.17) is 0 Å². The van der Waals surface area contributed by atoms with Crippen LogP contribution in [0.1, 0.15) is 22.3 Å². The van der Waals surface area contributed by atoms with Gasteiger partial charge < -0.3 is 9.13 Å².